The molecule has 0 bridgehead atoms. The van der Waals surface area contributed by atoms with Gasteiger partial charge in [0.05, 0.1) is 0 Å². The molecule has 1 atom stereocenters. The van der Waals surface area contributed by atoms with Crippen molar-refractivity contribution in [3.05, 3.63) is 22.3 Å². The van der Waals surface area contributed by atoms with Crippen LogP contribution in [0, 0.1) is 11.3 Å². The van der Waals surface area contributed by atoms with Crippen molar-refractivity contribution in [2.75, 3.05) is 0 Å². The second kappa shape index (κ2) is 2.50. The number of hydrogen-bond acceptors (Lipinski definition) is 0. The van der Waals surface area contributed by atoms with E-state index in [9.17, 15) is 0 Å². The third-order valence-electron chi connectivity index (χ3n) is 3.33. The van der Waals surface area contributed by atoms with E-state index in [0.29, 0.717) is 5.41 Å². The van der Waals surface area contributed by atoms with Gasteiger partial charge in [-0.1, -0.05) is 34.1 Å². The van der Waals surface area contributed by atoms with Crippen molar-refractivity contribution in [1.82, 2.24) is 0 Å². The van der Waals surface area contributed by atoms with Crippen LogP contribution in [0.1, 0.15) is 47.5 Å². The van der Waals surface area contributed by atoms with Gasteiger partial charge in [-0.2, -0.15) is 0 Å². The minimum absolute atomic E-state index is 0.460. The average Bonchev–Trinajstić information content (AvgIpc) is 2.69. The Morgan fingerprint density at radius 2 is 1.77 bits per heavy atom. The van der Waals surface area contributed by atoms with Gasteiger partial charge in [0.2, 0.25) is 0 Å². The SMILES string of the molecule is CCCC1=C(C)C2=C1C2C(C)(C)C. The Labute approximate surface area is 81.7 Å². The van der Waals surface area contributed by atoms with E-state index in [0.717, 1.165) is 5.92 Å². The normalized spacial score (nSPS) is 26.1. The van der Waals surface area contributed by atoms with E-state index in [1.54, 1.807) is 22.3 Å². The molecule has 13 heavy (non-hydrogen) atoms. The largest absolute Gasteiger partial charge is 0.0651 e. The number of hydrogen-bond donors (Lipinski definition) is 0. The molecule has 0 saturated heterocycles. The summed E-state index contributed by atoms with van der Waals surface area (Å²) in [5.74, 6) is 0.814. The van der Waals surface area contributed by atoms with Crippen molar-refractivity contribution in [1.29, 1.82) is 0 Å². The van der Waals surface area contributed by atoms with Crippen LogP contribution in [0.2, 0.25) is 0 Å². The predicted molar refractivity (Wildman–Crippen MR) is 57.6 cm³/mol. The van der Waals surface area contributed by atoms with Crippen molar-refractivity contribution < 1.29 is 0 Å². The fourth-order valence-corrected chi connectivity index (χ4v) is 2.72. The van der Waals surface area contributed by atoms with Gasteiger partial charge in [0.15, 0.2) is 0 Å². The van der Waals surface area contributed by atoms with Gasteiger partial charge in [0.25, 0.3) is 0 Å². The first-order chi connectivity index (χ1) is 5.98. The van der Waals surface area contributed by atoms with Gasteiger partial charge in [-0.15, -0.1) is 0 Å². The number of allylic oxidation sites excluding steroid dienone is 4. The van der Waals surface area contributed by atoms with Gasteiger partial charge in [-0.3, -0.25) is 0 Å². The van der Waals surface area contributed by atoms with Crippen LogP contribution < -0.4 is 0 Å². The maximum Gasteiger partial charge on any atom is 0.0150 e. The molecule has 0 heteroatoms. The van der Waals surface area contributed by atoms with Gasteiger partial charge in [-0.05, 0) is 41.1 Å². The van der Waals surface area contributed by atoms with E-state index in [4.69, 9.17) is 0 Å². The van der Waals surface area contributed by atoms with Crippen LogP contribution in [0.15, 0.2) is 22.3 Å². The first-order valence-corrected chi connectivity index (χ1v) is 5.43. The van der Waals surface area contributed by atoms with Crippen molar-refractivity contribution in [3.63, 3.8) is 0 Å². The molecule has 0 fully saturated rings. The third-order valence-corrected chi connectivity index (χ3v) is 3.33. The molecule has 2 aliphatic carbocycles. The molecule has 1 unspecified atom stereocenters. The summed E-state index contributed by atoms with van der Waals surface area (Å²) < 4.78 is 0. The molecule has 0 spiro atoms. The first-order valence-electron chi connectivity index (χ1n) is 5.43. The average molecular weight is 176 g/mol. The van der Waals surface area contributed by atoms with Crippen LogP contribution in [-0.4, -0.2) is 0 Å². The molecule has 0 aromatic rings. The standard InChI is InChI=1S/C13H20/c1-6-7-9-8(2)10-11(9)12(10)13(3,4)5/h12H,6-7H2,1-5H3. The molecule has 0 aliphatic heterocycles. The Morgan fingerprint density at radius 1 is 1.15 bits per heavy atom. The lowest BCUT2D eigenvalue weighted by Gasteiger charge is -2.18. The van der Waals surface area contributed by atoms with Gasteiger partial charge < -0.3 is 0 Å². The predicted octanol–water partition coefficient (Wildman–Crippen LogP) is 4.09. The maximum atomic E-state index is 2.35. The van der Waals surface area contributed by atoms with Gasteiger partial charge in [0.1, 0.15) is 0 Å². The fraction of sp³-hybridized carbons (Fsp3) is 0.692. The third kappa shape index (κ3) is 1.11. The summed E-state index contributed by atoms with van der Waals surface area (Å²) in [5, 5.41) is 0. The lowest BCUT2D eigenvalue weighted by Crippen LogP contribution is -2.10. The quantitative estimate of drug-likeness (QED) is 0.594. The highest BCUT2D eigenvalue weighted by Crippen LogP contribution is 2.65. The van der Waals surface area contributed by atoms with Crippen LogP contribution in [0.3, 0.4) is 0 Å². The molecule has 0 amide bonds. The Balaban J connectivity index is 2.05. The lowest BCUT2D eigenvalue weighted by molar-refractivity contribution is 0.367. The highest BCUT2D eigenvalue weighted by molar-refractivity contribution is 5.75. The lowest BCUT2D eigenvalue weighted by atomic mass is 9.86. The highest BCUT2D eigenvalue weighted by Gasteiger charge is 2.52. The Bertz CT molecular complexity index is 307. The topological polar surface area (TPSA) is 0 Å². The van der Waals surface area contributed by atoms with E-state index in [1.807, 2.05) is 0 Å². The van der Waals surface area contributed by atoms with Gasteiger partial charge in [-0.25, -0.2) is 0 Å². The van der Waals surface area contributed by atoms with E-state index in [2.05, 4.69) is 34.6 Å². The monoisotopic (exact) mass is 176 g/mol. The molecule has 0 heterocycles. The Kier molecular flexibility index (Phi) is 1.74. The zero-order valence-corrected chi connectivity index (χ0v) is 9.49. The van der Waals surface area contributed by atoms with Crippen LogP contribution in [-0.2, 0) is 0 Å². The molecule has 0 aromatic carbocycles. The van der Waals surface area contributed by atoms with Crippen molar-refractivity contribution in [2.24, 2.45) is 11.3 Å². The summed E-state index contributed by atoms with van der Waals surface area (Å²) >= 11 is 0. The van der Waals surface area contributed by atoms with Crippen LogP contribution in [0.5, 0.6) is 0 Å². The summed E-state index contributed by atoms with van der Waals surface area (Å²) in [4.78, 5) is 0. The molecular formula is C13H20. The summed E-state index contributed by atoms with van der Waals surface area (Å²) in [6.45, 7) is 11.6. The molecule has 0 nitrogen and oxygen atoms in total. The molecule has 0 saturated carbocycles. The van der Waals surface area contributed by atoms with Crippen molar-refractivity contribution >= 4 is 0 Å². The molecule has 0 aromatic heterocycles. The van der Waals surface area contributed by atoms with Crippen LogP contribution >= 0.6 is 0 Å². The van der Waals surface area contributed by atoms with Crippen molar-refractivity contribution in [2.45, 2.75) is 47.5 Å². The Hall–Kier alpha value is -0.520. The summed E-state index contributed by atoms with van der Waals surface area (Å²) in [6, 6.07) is 0. The molecule has 0 N–H and O–H groups in total. The number of rotatable bonds is 2. The van der Waals surface area contributed by atoms with E-state index >= 15 is 0 Å². The van der Waals surface area contributed by atoms with Crippen LogP contribution in [0.4, 0.5) is 0 Å². The molecular weight excluding hydrogens is 156 g/mol. The minimum atomic E-state index is 0.460. The summed E-state index contributed by atoms with van der Waals surface area (Å²) in [7, 11) is 0. The van der Waals surface area contributed by atoms with Crippen molar-refractivity contribution in [3.8, 4) is 0 Å². The smallest absolute Gasteiger partial charge is 0.0150 e. The molecule has 72 valence electrons. The fourth-order valence-electron chi connectivity index (χ4n) is 2.72. The van der Waals surface area contributed by atoms with E-state index in [1.165, 1.54) is 12.8 Å². The second-order valence-electron chi connectivity index (χ2n) is 5.48. The molecule has 2 aliphatic rings. The molecule has 0 radical (unpaired) electrons. The van der Waals surface area contributed by atoms with E-state index in [-0.39, 0.29) is 0 Å². The van der Waals surface area contributed by atoms with Gasteiger partial charge in [0, 0.05) is 5.92 Å². The first kappa shape index (κ1) is 9.05. The zero-order chi connectivity index (χ0) is 9.80. The minimum Gasteiger partial charge on any atom is -0.0651 e. The second-order valence-corrected chi connectivity index (χ2v) is 5.48. The Morgan fingerprint density at radius 3 is 2.15 bits per heavy atom. The zero-order valence-electron chi connectivity index (χ0n) is 9.49. The van der Waals surface area contributed by atoms with Crippen LogP contribution in [0.25, 0.3) is 0 Å². The van der Waals surface area contributed by atoms with Gasteiger partial charge >= 0.3 is 0 Å². The molecule has 2 rings (SSSR count). The van der Waals surface area contributed by atoms with E-state index < -0.39 is 0 Å². The summed E-state index contributed by atoms with van der Waals surface area (Å²) in [5.41, 5.74) is 7.21. The summed E-state index contributed by atoms with van der Waals surface area (Å²) in [6.07, 6.45) is 2.59. The highest BCUT2D eigenvalue weighted by atomic mass is 14.6. The maximum absolute atomic E-state index is 2.35.